The molecule has 0 rings (SSSR count). The summed E-state index contributed by atoms with van der Waals surface area (Å²) in [5.74, 6) is 0. The molecule has 0 aromatic carbocycles. The Morgan fingerprint density at radius 1 is 1.00 bits per heavy atom. The van der Waals surface area contributed by atoms with Crippen LogP contribution >= 0.6 is 7.92 Å². The number of allylic oxidation sites excluding steroid dienone is 2. The van der Waals surface area contributed by atoms with Crippen LogP contribution in [0.25, 0.3) is 0 Å². The molecule has 0 aliphatic carbocycles. The molecule has 0 heterocycles. The third kappa shape index (κ3) is 19.7. The molecule has 0 atom stereocenters. The van der Waals surface area contributed by atoms with E-state index in [0.29, 0.717) is 0 Å². The molecule has 0 nitrogen and oxygen atoms in total. The van der Waals surface area contributed by atoms with Crippen LogP contribution in [-0.4, -0.2) is 13.3 Å². The van der Waals surface area contributed by atoms with Crippen molar-refractivity contribution < 1.29 is 75.8 Å². The maximum absolute atomic E-state index is 2.37. The second kappa shape index (κ2) is 24.4. The summed E-state index contributed by atoms with van der Waals surface area (Å²) in [4.78, 5) is 0. The van der Waals surface area contributed by atoms with Gasteiger partial charge in [-0.25, -0.2) is 0 Å². The molecule has 14 heavy (non-hydrogen) atoms. The van der Waals surface area contributed by atoms with Gasteiger partial charge in [-0.15, -0.1) is 0 Å². The zero-order chi connectivity index (χ0) is 7.28. The fraction of sp³-hybridized carbons (Fsp3) is 0.750. The van der Waals surface area contributed by atoms with E-state index >= 15 is 0 Å². The Kier molecular flexibility index (Phi) is 62.8. The van der Waals surface area contributed by atoms with Crippen molar-refractivity contribution in [3.63, 3.8) is 0 Å². The Morgan fingerprint density at radius 3 is 1.43 bits per heavy atom. The molecule has 0 bridgehead atoms. The maximum atomic E-state index is 2.37. The molecule has 0 unspecified atom stereocenters. The van der Waals surface area contributed by atoms with Crippen molar-refractivity contribution in [1.29, 1.82) is 0 Å². The van der Waals surface area contributed by atoms with E-state index in [1.165, 1.54) is 12.8 Å². The first-order chi connectivity index (χ1) is 4.22. The Hall–Kier alpha value is 2.21. The first-order valence-electron chi connectivity index (χ1n) is 3.58. The number of hydrogen-bond donors (Lipinski definition) is 0. The molecule has 0 fully saturated rings. The number of hydrogen-bond acceptors (Lipinski definition) is 0. The molecule has 0 spiro atoms. The van der Waals surface area contributed by atoms with Gasteiger partial charge in [0, 0.05) is 0 Å². The predicted octanol–water partition coefficient (Wildman–Crippen LogP) is -8.55. The molecule has 6 heteroatoms. The first kappa shape index (κ1) is 36.0. The van der Waals surface area contributed by atoms with Gasteiger partial charge in [0.15, 0.2) is 0 Å². The van der Waals surface area contributed by atoms with Crippen molar-refractivity contribution in [2.24, 2.45) is 0 Å². The van der Waals surface area contributed by atoms with Gasteiger partial charge >= 0.3 is 26.2 Å². The maximum Gasteiger partial charge on any atom is 4.00 e. The summed E-state index contributed by atoms with van der Waals surface area (Å²) < 4.78 is 0. The fourth-order valence-electron chi connectivity index (χ4n) is 0.879. The number of rotatable bonds is 3. The Labute approximate surface area is 134 Å². The van der Waals surface area contributed by atoms with Crippen LogP contribution in [0.4, 0.5) is 0 Å². The van der Waals surface area contributed by atoms with E-state index in [1.807, 2.05) is 0 Å². The largest absolute Gasteiger partial charge is 4.00 e. The smallest absolute Gasteiger partial charge is 1.00 e. The molecule has 0 aliphatic heterocycles. The summed E-state index contributed by atoms with van der Waals surface area (Å²) in [5.41, 5.74) is 0. The second-order valence-electron chi connectivity index (χ2n) is 2.35. The molecule has 0 saturated heterocycles. The summed E-state index contributed by atoms with van der Waals surface area (Å²) in [6, 6.07) is 0. The van der Waals surface area contributed by atoms with Crippen LogP contribution in [0.2, 0.25) is 0 Å². The molecular formula is C8H17Cl4PZr. The molecule has 0 amide bonds. The third-order valence-corrected chi connectivity index (χ3v) is 3.02. The molecule has 0 saturated carbocycles. The van der Waals surface area contributed by atoms with Crippen LogP contribution in [-0.2, 0) is 26.2 Å². The Morgan fingerprint density at radius 2 is 1.36 bits per heavy atom. The molecule has 0 aliphatic rings. The van der Waals surface area contributed by atoms with Gasteiger partial charge in [0.2, 0.25) is 0 Å². The number of halogens is 4. The minimum Gasteiger partial charge on any atom is -1.00 e. The van der Waals surface area contributed by atoms with Crippen LogP contribution in [0.15, 0.2) is 11.4 Å². The summed E-state index contributed by atoms with van der Waals surface area (Å²) in [7, 11) is 0.191. The van der Waals surface area contributed by atoms with Gasteiger partial charge in [0.1, 0.15) is 0 Å². The zero-order valence-corrected chi connectivity index (χ0v) is 15.3. The third-order valence-electron chi connectivity index (χ3n) is 1.38. The van der Waals surface area contributed by atoms with Gasteiger partial charge in [-0.2, -0.15) is 0 Å². The van der Waals surface area contributed by atoms with Gasteiger partial charge in [-0.05, 0) is 26.2 Å². The quantitative estimate of drug-likeness (QED) is 0.429. The minimum atomic E-state index is 0. The van der Waals surface area contributed by atoms with E-state index in [-0.39, 0.29) is 83.8 Å². The van der Waals surface area contributed by atoms with Crippen molar-refractivity contribution in [2.75, 3.05) is 13.3 Å². The van der Waals surface area contributed by atoms with Gasteiger partial charge in [0.25, 0.3) is 0 Å². The fourth-order valence-corrected chi connectivity index (χ4v) is 2.06. The van der Waals surface area contributed by atoms with Crippen LogP contribution in [0, 0.1) is 0 Å². The second-order valence-corrected chi connectivity index (χ2v) is 4.71. The molecule has 86 valence electrons. The van der Waals surface area contributed by atoms with E-state index in [0.717, 1.165) is 0 Å². The SMILES string of the molecule is CCC=C(CC)P(C)C.[Cl-].[Cl-].[Cl-].[Cl-].[Zr+4]. The van der Waals surface area contributed by atoms with Gasteiger partial charge < -0.3 is 49.6 Å². The van der Waals surface area contributed by atoms with Crippen LogP contribution < -0.4 is 49.6 Å². The van der Waals surface area contributed by atoms with Crippen LogP contribution in [0.1, 0.15) is 26.7 Å². The first-order valence-corrected chi connectivity index (χ1v) is 5.82. The summed E-state index contributed by atoms with van der Waals surface area (Å²) >= 11 is 0. The van der Waals surface area contributed by atoms with Gasteiger partial charge in [-0.3, -0.25) is 0 Å². The van der Waals surface area contributed by atoms with Crippen LogP contribution in [0.3, 0.4) is 0 Å². The summed E-state index contributed by atoms with van der Waals surface area (Å²) in [5, 5.41) is 1.66. The minimum absolute atomic E-state index is 0. The topological polar surface area (TPSA) is 0 Å². The molecular weight excluding hydrogens is 360 g/mol. The van der Waals surface area contributed by atoms with E-state index in [4.69, 9.17) is 0 Å². The Bertz CT molecular complexity index is 110. The molecule has 0 aromatic heterocycles. The normalized spacial score (nSPS) is 8.21. The standard InChI is InChI=1S/C8H17P.4ClH.Zr/c1-5-7-8(6-2)9(3)4;;;;;/h7H,5-6H2,1-4H3;4*1H;/q;;;;;+4/p-4. The summed E-state index contributed by atoms with van der Waals surface area (Å²) in [6.07, 6.45) is 4.81. The van der Waals surface area contributed by atoms with E-state index < -0.39 is 0 Å². The van der Waals surface area contributed by atoms with E-state index in [1.54, 1.807) is 5.31 Å². The monoisotopic (exact) mass is 374 g/mol. The van der Waals surface area contributed by atoms with Crippen molar-refractivity contribution in [3.05, 3.63) is 11.4 Å². The van der Waals surface area contributed by atoms with E-state index in [9.17, 15) is 0 Å². The van der Waals surface area contributed by atoms with Crippen molar-refractivity contribution in [2.45, 2.75) is 26.7 Å². The molecule has 0 radical (unpaired) electrons. The van der Waals surface area contributed by atoms with Crippen LogP contribution in [0.5, 0.6) is 0 Å². The van der Waals surface area contributed by atoms with Crippen molar-refractivity contribution in [3.8, 4) is 0 Å². The average molecular weight is 377 g/mol. The zero-order valence-electron chi connectivity index (χ0n) is 8.95. The Balaban J connectivity index is -0.0000000320. The molecule has 0 aromatic rings. The van der Waals surface area contributed by atoms with Gasteiger partial charge in [-0.1, -0.05) is 33.2 Å². The van der Waals surface area contributed by atoms with Gasteiger partial charge in [0.05, 0.1) is 0 Å². The molecule has 0 N–H and O–H groups in total. The van der Waals surface area contributed by atoms with Crippen molar-refractivity contribution >= 4 is 7.92 Å². The summed E-state index contributed by atoms with van der Waals surface area (Å²) in [6.45, 7) is 9.08. The van der Waals surface area contributed by atoms with Crippen molar-refractivity contribution in [1.82, 2.24) is 0 Å². The average Bonchev–Trinajstić information content (AvgIpc) is 1.82. The predicted molar refractivity (Wildman–Crippen MR) is 47.4 cm³/mol. The van der Waals surface area contributed by atoms with E-state index in [2.05, 4.69) is 33.3 Å².